The topological polar surface area (TPSA) is 69.6 Å². The Morgan fingerprint density at radius 1 is 1.11 bits per heavy atom. The van der Waals surface area contributed by atoms with Gasteiger partial charge in [-0.25, -0.2) is 4.79 Å². The number of nitrogens with one attached hydrogen (secondary N) is 1. The summed E-state index contributed by atoms with van der Waals surface area (Å²) in [7, 11) is 0. The van der Waals surface area contributed by atoms with Crippen LogP contribution in [0.5, 0.6) is 5.75 Å². The van der Waals surface area contributed by atoms with Gasteiger partial charge in [0, 0.05) is 10.7 Å². The second kappa shape index (κ2) is 7.28. The summed E-state index contributed by atoms with van der Waals surface area (Å²) in [6.07, 6.45) is 0. The molecule has 0 aliphatic heterocycles. The van der Waals surface area contributed by atoms with E-state index in [4.69, 9.17) is 21.8 Å². The van der Waals surface area contributed by atoms with Crippen LogP contribution in [-0.4, -0.2) is 16.2 Å². The van der Waals surface area contributed by atoms with Crippen LogP contribution in [0.2, 0.25) is 5.02 Å². The van der Waals surface area contributed by atoms with E-state index in [9.17, 15) is 4.79 Å². The normalized spacial score (nSPS) is 9.53. The molecule has 0 unspecified atom stereocenters. The van der Waals surface area contributed by atoms with E-state index in [1.54, 1.807) is 12.1 Å². The summed E-state index contributed by atoms with van der Waals surface area (Å²) in [5.74, 6) is -0.891. The fourth-order valence-electron chi connectivity index (χ4n) is 1.51. The number of carboxylic acids is 1. The number of anilines is 2. The number of rotatable bonds is 3. The largest absolute Gasteiger partial charge is 1.00 e. The van der Waals surface area contributed by atoms with Gasteiger partial charge in [0.1, 0.15) is 5.75 Å². The number of phenolic OH excluding ortho intramolecular Hbond substituents is 1. The molecule has 0 aliphatic rings. The van der Waals surface area contributed by atoms with Crippen molar-refractivity contribution in [2.45, 2.75) is 0 Å². The third-order valence-electron chi connectivity index (χ3n) is 2.36. The van der Waals surface area contributed by atoms with Crippen molar-refractivity contribution in [2.75, 3.05) is 5.32 Å². The molecule has 0 saturated heterocycles. The summed E-state index contributed by atoms with van der Waals surface area (Å²) in [5, 5.41) is 21.6. The van der Waals surface area contributed by atoms with Gasteiger partial charge in [-0.05, 0) is 42.5 Å². The smallest absolute Gasteiger partial charge is 0.508 e. The molecule has 0 heterocycles. The Labute approximate surface area is 157 Å². The third-order valence-corrected chi connectivity index (χ3v) is 2.59. The molecule has 2 aromatic carbocycles. The SMILES string of the molecule is O=C(O)c1ccc(Cl)cc1Nc1ccc(O)cc1.[K+]. The van der Waals surface area contributed by atoms with Crippen LogP contribution in [0.4, 0.5) is 11.4 Å². The molecule has 6 heteroatoms. The van der Waals surface area contributed by atoms with Gasteiger partial charge < -0.3 is 15.5 Å². The summed E-state index contributed by atoms with van der Waals surface area (Å²) in [6.45, 7) is 0. The van der Waals surface area contributed by atoms with E-state index in [1.165, 1.54) is 30.3 Å². The minimum Gasteiger partial charge on any atom is -0.508 e. The fourth-order valence-corrected chi connectivity index (χ4v) is 1.68. The van der Waals surface area contributed by atoms with Crippen molar-refractivity contribution in [3.63, 3.8) is 0 Å². The predicted octanol–water partition coefficient (Wildman–Crippen LogP) is 0.491. The zero-order valence-electron chi connectivity index (χ0n) is 10.2. The maximum Gasteiger partial charge on any atom is 1.00 e. The first-order chi connectivity index (χ1) is 8.56. The van der Waals surface area contributed by atoms with Crippen LogP contribution >= 0.6 is 11.6 Å². The van der Waals surface area contributed by atoms with Crippen LogP contribution in [0.1, 0.15) is 10.4 Å². The average molecular weight is 303 g/mol. The van der Waals surface area contributed by atoms with Gasteiger partial charge in [-0.3, -0.25) is 0 Å². The van der Waals surface area contributed by atoms with Crippen molar-refractivity contribution in [1.29, 1.82) is 0 Å². The Kier molecular flexibility index (Phi) is 6.32. The quantitative estimate of drug-likeness (QED) is 0.570. The molecule has 0 aliphatic carbocycles. The van der Waals surface area contributed by atoms with Crippen LogP contribution in [0.25, 0.3) is 0 Å². The molecule has 3 N–H and O–H groups in total. The molecule has 0 atom stereocenters. The molecule has 92 valence electrons. The van der Waals surface area contributed by atoms with Crippen LogP contribution in [-0.2, 0) is 0 Å². The van der Waals surface area contributed by atoms with Gasteiger partial charge in [0.25, 0.3) is 0 Å². The number of benzene rings is 2. The Bertz CT molecular complexity index is 587. The van der Waals surface area contributed by atoms with Crippen LogP contribution in [0.15, 0.2) is 42.5 Å². The fraction of sp³-hybridized carbons (Fsp3) is 0. The first kappa shape index (κ1) is 16.5. The molecule has 2 rings (SSSR count). The van der Waals surface area contributed by atoms with E-state index in [0.29, 0.717) is 16.4 Å². The monoisotopic (exact) mass is 302 g/mol. The van der Waals surface area contributed by atoms with E-state index in [1.807, 2.05) is 0 Å². The predicted molar refractivity (Wildman–Crippen MR) is 69.8 cm³/mol. The number of carbonyl (C=O) groups is 1. The number of hydrogen-bond donors (Lipinski definition) is 3. The first-order valence-corrected chi connectivity index (χ1v) is 5.53. The summed E-state index contributed by atoms with van der Waals surface area (Å²) in [6, 6.07) is 10.8. The minimum atomic E-state index is -1.03. The van der Waals surface area contributed by atoms with E-state index in [2.05, 4.69) is 5.32 Å². The number of carboxylic acid groups (broad SMARTS) is 1. The van der Waals surface area contributed by atoms with Gasteiger partial charge in [-0.15, -0.1) is 0 Å². The van der Waals surface area contributed by atoms with Crippen molar-refractivity contribution in [1.82, 2.24) is 0 Å². The number of phenols is 1. The molecule has 0 aromatic heterocycles. The van der Waals surface area contributed by atoms with Gasteiger partial charge in [-0.1, -0.05) is 11.6 Å². The summed E-state index contributed by atoms with van der Waals surface area (Å²) in [4.78, 5) is 11.1. The van der Waals surface area contributed by atoms with E-state index in [0.717, 1.165) is 0 Å². The molecule has 0 spiro atoms. The number of aromatic carboxylic acids is 1. The van der Waals surface area contributed by atoms with Crippen molar-refractivity contribution in [3.05, 3.63) is 53.1 Å². The zero-order valence-corrected chi connectivity index (χ0v) is 14.1. The zero-order chi connectivity index (χ0) is 13.1. The third kappa shape index (κ3) is 4.48. The summed E-state index contributed by atoms with van der Waals surface area (Å²) >= 11 is 5.84. The second-order valence-corrected chi connectivity index (χ2v) is 4.10. The maximum atomic E-state index is 11.1. The first-order valence-electron chi connectivity index (χ1n) is 5.15. The molecular weight excluding hydrogens is 293 g/mol. The number of halogens is 1. The van der Waals surface area contributed by atoms with Gasteiger partial charge in [-0.2, -0.15) is 0 Å². The molecule has 19 heavy (non-hydrogen) atoms. The van der Waals surface area contributed by atoms with Crippen molar-refractivity contribution in [3.8, 4) is 5.75 Å². The van der Waals surface area contributed by atoms with Gasteiger partial charge in [0.2, 0.25) is 0 Å². The maximum absolute atomic E-state index is 11.1. The van der Waals surface area contributed by atoms with E-state index >= 15 is 0 Å². The Morgan fingerprint density at radius 2 is 1.74 bits per heavy atom. The van der Waals surface area contributed by atoms with Gasteiger partial charge in [0.15, 0.2) is 0 Å². The molecule has 4 nitrogen and oxygen atoms in total. The Morgan fingerprint density at radius 3 is 2.32 bits per heavy atom. The van der Waals surface area contributed by atoms with Crippen LogP contribution in [0, 0.1) is 0 Å². The molecule has 0 fully saturated rings. The Hall–Kier alpha value is -0.564. The van der Waals surface area contributed by atoms with Gasteiger partial charge in [0.05, 0.1) is 11.3 Å². The van der Waals surface area contributed by atoms with Crippen molar-refractivity contribution in [2.24, 2.45) is 0 Å². The minimum absolute atomic E-state index is 0. The molecule has 0 saturated carbocycles. The average Bonchev–Trinajstić information content (AvgIpc) is 2.32. The molecule has 0 bridgehead atoms. The molecule has 0 amide bonds. The van der Waals surface area contributed by atoms with Crippen molar-refractivity contribution >= 4 is 28.9 Å². The summed E-state index contributed by atoms with van der Waals surface area (Å²) in [5.41, 5.74) is 1.20. The van der Waals surface area contributed by atoms with E-state index < -0.39 is 5.97 Å². The summed E-state index contributed by atoms with van der Waals surface area (Å²) < 4.78 is 0. The van der Waals surface area contributed by atoms with Crippen LogP contribution < -0.4 is 56.7 Å². The number of aromatic hydroxyl groups is 1. The molecule has 2 aromatic rings. The van der Waals surface area contributed by atoms with Crippen molar-refractivity contribution < 1.29 is 66.4 Å². The Balaban J connectivity index is 0.00000180. The van der Waals surface area contributed by atoms with Gasteiger partial charge >= 0.3 is 57.4 Å². The molecular formula is C13H10ClKNO3+. The molecule has 0 radical (unpaired) electrons. The van der Waals surface area contributed by atoms with E-state index in [-0.39, 0.29) is 62.7 Å². The van der Waals surface area contributed by atoms with Crippen LogP contribution in [0.3, 0.4) is 0 Å². The second-order valence-electron chi connectivity index (χ2n) is 3.67. The standard InChI is InChI=1S/C13H10ClNO3.K/c14-8-1-6-11(13(17)18)12(7-8)15-9-2-4-10(16)5-3-9;/h1-7,15-16H,(H,17,18);/q;+1. The number of hydrogen-bond acceptors (Lipinski definition) is 3.